The lowest BCUT2D eigenvalue weighted by molar-refractivity contribution is 0.452. The number of nitrogens with zero attached hydrogens (tertiary/aromatic N) is 1. The van der Waals surface area contributed by atoms with Crippen LogP contribution in [-0.2, 0) is 10.0 Å². The van der Waals surface area contributed by atoms with E-state index in [0.717, 1.165) is 12.8 Å². The van der Waals surface area contributed by atoms with Gasteiger partial charge in [0.1, 0.15) is 0 Å². The first-order valence-corrected chi connectivity index (χ1v) is 7.76. The molecule has 1 aromatic rings. The van der Waals surface area contributed by atoms with Gasteiger partial charge in [0.25, 0.3) is 0 Å². The third-order valence-corrected chi connectivity index (χ3v) is 5.78. The number of nitrogen functional groups attached to an aromatic ring is 1. The molecule has 1 unspecified atom stereocenters. The Labute approximate surface area is 109 Å². The van der Waals surface area contributed by atoms with Gasteiger partial charge in [0.2, 0.25) is 10.0 Å². The molecule has 1 atom stereocenters. The van der Waals surface area contributed by atoms with Crippen molar-refractivity contribution in [1.29, 1.82) is 0 Å². The van der Waals surface area contributed by atoms with Gasteiger partial charge >= 0.3 is 0 Å². The minimum Gasteiger partial charge on any atom is -0.398 e. The van der Waals surface area contributed by atoms with Gasteiger partial charge in [0.05, 0.1) is 4.90 Å². The number of sulfonamides is 1. The Morgan fingerprint density at radius 3 is 2.78 bits per heavy atom. The molecule has 1 aliphatic rings. The smallest absolute Gasteiger partial charge is 0.243 e. The molecule has 0 spiro atoms. The van der Waals surface area contributed by atoms with Crippen LogP contribution in [0.15, 0.2) is 23.1 Å². The van der Waals surface area contributed by atoms with Crippen LogP contribution in [0.3, 0.4) is 0 Å². The summed E-state index contributed by atoms with van der Waals surface area (Å²) in [5, 5.41) is 0. The minimum absolute atomic E-state index is 0.347. The normalized spacial score (nSPS) is 21.3. The molecule has 4 nitrogen and oxygen atoms in total. The molecule has 2 rings (SSSR count). The van der Waals surface area contributed by atoms with Crippen molar-refractivity contribution in [3.05, 3.63) is 23.8 Å². The van der Waals surface area contributed by atoms with E-state index >= 15 is 0 Å². The number of rotatable bonds is 3. The largest absolute Gasteiger partial charge is 0.398 e. The molecule has 18 heavy (non-hydrogen) atoms. The molecule has 5 heteroatoms. The maximum atomic E-state index is 12.5. The summed E-state index contributed by atoms with van der Waals surface area (Å²) in [6.07, 6.45) is 1.99. The molecule has 0 bridgehead atoms. The second kappa shape index (κ2) is 4.90. The number of nitrogens with two attached hydrogens (primary N) is 1. The summed E-state index contributed by atoms with van der Waals surface area (Å²) >= 11 is 0. The van der Waals surface area contributed by atoms with Gasteiger partial charge in [-0.1, -0.05) is 19.4 Å². The Morgan fingerprint density at radius 1 is 1.44 bits per heavy atom. The van der Waals surface area contributed by atoms with Gasteiger partial charge in [0.15, 0.2) is 0 Å². The van der Waals surface area contributed by atoms with E-state index in [1.54, 1.807) is 29.4 Å². The molecule has 100 valence electrons. The molecule has 1 fully saturated rings. The Bertz CT molecular complexity index is 540. The molecule has 1 saturated heterocycles. The molecule has 0 radical (unpaired) electrons. The number of hydrogen-bond donors (Lipinski definition) is 1. The van der Waals surface area contributed by atoms with E-state index in [2.05, 4.69) is 6.92 Å². The van der Waals surface area contributed by atoms with Crippen LogP contribution in [0.25, 0.3) is 0 Å². The van der Waals surface area contributed by atoms with Crippen molar-refractivity contribution >= 4 is 15.7 Å². The van der Waals surface area contributed by atoms with E-state index in [4.69, 9.17) is 5.73 Å². The summed E-state index contributed by atoms with van der Waals surface area (Å²) in [7, 11) is -3.38. The molecule has 2 N–H and O–H groups in total. The van der Waals surface area contributed by atoms with Crippen LogP contribution >= 0.6 is 0 Å². The standard InChI is InChI=1S/C13H20N2O2S/c1-3-11-7-8-15(9-11)18(16,17)13-6-4-5-12(14)10(13)2/h4-6,11H,3,7-9,14H2,1-2H3. The van der Waals surface area contributed by atoms with E-state index in [1.165, 1.54) is 0 Å². The van der Waals surface area contributed by atoms with Crippen LogP contribution in [0.1, 0.15) is 25.3 Å². The summed E-state index contributed by atoms with van der Waals surface area (Å²) < 4.78 is 26.7. The topological polar surface area (TPSA) is 63.4 Å². The summed E-state index contributed by atoms with van der Waals surface area (Å²) in [6.45, 7) is 5.12. The lowest BCUT2D eigenvalue weighted by atomic mass is 10.1. The zero-order valence-electron chi connectivity index (χ0n) is 10.9. The summed E-state index contributed by atoms with van der Waals surface area (Å²) in [6, 6.07) is 5.07. The van der Waals surface area contributed by atoms with Crippen LogP contribution in [0.4, 0.5) is 5.69 Å². The van der Waals surface area contributed by atoms with Crippen LogP contribution in [0, 0.1) is 12.8 Å². The van der Waals surface area contributed by atoms with E-state index in [9.17, 15) is 8.42 Å². The van der Waals surface area contributed by atoms with Crippen LogP contribution < -0.4 is 5.73 Å². The maximum Gasteiger partial charge on any atom is 0.243 e. The van der Waals surface area contributed by atoms with Crippen LogP contribution in [-0.4, -0.2) is 25.8 Å². The molecule has 0 amide bonds. The van der Waals surface area contributed by atoms with E-state index < -0.39 is 10.0 Å². The summed E-state index contributed by atoms with van der Waals surface area (Å²) in [4.78, 5) is 0.347. The molecule has 1 aliphatic heterocycles. The predicted octanol–water partition coefficient (Wildman–Crippen LogP) is 2.00. The van der Waals surface area contributed by atoms with Gasteiger partial charge in [-0.25, -0.2) is 8.42 Å². The van der Waals surface area contributed by atoms with E-state index in [0.29, 0.717) is 35.2 Å². The Kier molecular flexibility index (Phi) is 3.64. The average molecular weight is 268 g/mol. The summed E-state index contributed by atoms with van der Waals surface area (Å²) in [5.41, 5.74) is 6.97. The lowest BCUT2D eigenvalue weighted by Gasteiger charge is -2.18. The van der Waals surface area contributed by atoms with E-state index in [1.807, 2.05) is 0 Å². The highest BCUT2D eigenvalue weighted by molar-refractivity contribution is 7.89. The first kappa shape index (κ1) is 13.4. The fraction of sp³-hybridized carbons (Fsp3) is 0.538. The predicted molar refractivity (Wildman–Crippen MR) is 72.7 cm³/mol. The fourth-order valence-electron chi connectivity index (χ4n) is 2.40. The third-order valence-electron chi connectivity index (χ3n) is 3.77. The molecule has 1 heterocycles. The molecular formula is C13H20N2O2S. The number of anilines is 1. The second-order valence-corrected chi connectivity index (χ2v) is 6.80. The first-order chi connectivity index (χ1) is 8.46. The molecule has 0 saturated carbocycles. The summed E-state index contributed by atoms with van der Waals surface area (Å²) in [5.74, 6) is 0.487. The van der Waals surface area contributed by atoms with Gasteiger partial charge in [-0.05, 0) is 37.0 Å². The Hall–Kier alpha value is -1.07. The molecule has 0 aromatic heterocycles. The van der Waals surface area contributed by atoms with Crippen molar-refractivity contribution in [2.75, 3.05) is 18.8 Å². The highest BCUT2D eigenvalue weighted by Crippen LogP contribution is 2.29. The van der Waals surface area contributed by atoms with Crippen LogP contribution in [0.2, 0.25) is 0 Å². The van der Waals surface area contributed by atoms with Crippen molar-refractivity contribution in [2.45, 2.75) is 31.6 Å². The zero-order chi connectivity index (χ0) is 13.3. The van der Waals surface area contributed by atoms with Gasteiger partial charge < -0.3 is 5.73 Å². The van der Waals surface area contributed by atoms with Crippen molar-refractivity contribution < 1.29 is 8.42 Å². The van der Waals surface area contributed by atoms with Gasteiger partial charge in [-0.2, -0.15) is 4.31 Å². The quantitative estimate of drug-likeness (QED) is 0.853. The number of hydrogen-bond acceptors (Lipinski definition) is 3. The van der Waals surface area contributed by atoms with Gasteiger partial charge in [0, 0.05) is 18.8 Å². The SMILES string of the molecule is CCC1CCN(S(=O)(=O)c2cccc(N)c2C)C1. The van der Waals surface area contributed by atoms with Crippen molar-refractivity contribution in [3.63, 3.8) is 0 Å². The van der Waals surface area contributed by atoms with Crippen LogP contribution in [0.5, 0.6) is 0 Å². The zero-order valence-corrected chi connectivity index (χ0v) is 11.7. The van der Waals surface area contributed by atoms with Gasteiger partial charge in [-0.3, -0.25) is 0 Å². The minimum atomic E-state index is -3.38. The Morgan fingerprint density at radius 2 is 2.17 bits per heavy atom. The first-order valence-electron chi connectivity index (χ1n) is 6.32. The number of benzene rings is 1. The van der Waals surface area contributed by atoms with Crippen molar-refractivity contribution in [1.82, 2.24) is 4.31 Å². The fourth-order valence-corrected chi connectivity index (χ4v) is 4.18. The highest BCUT2D eigenvalue weighted by Gasteiger charge is 2.32. The monoisotopic (exact) mass is 268 g/mol. The van der Waals surface area contributed by atoms with E-state index in [-0.39, 0.29) is 0 Å². The van der Waals surface area contributed by atoms with Crippen molar-refractivity contribution in [3.8, 4) is 0 Å². The second-order valence-electron chi connectivity index (χ2n) is 4.90. The molecular weight excluding hydrogens is 248 g/mol. The average Bonchev–Trinajstić information content (AvgIpc) is 2.81. The molecule has 0 aliphatic carbocycles. The molecule has 1 aromatic carbocycles. The Balaban J connectivity index is 2.35. The lowest BCUT2D eigenvalue weighted by Crippen LogP contribution is -2.29. The maximum absolute atomic E-state index is 12.5. The van der Waals surface area contributed by atoms with Gasteiger partial charge in [-0.15, -0.1) is 0 Å². The van der Waals surface area contributed by atoms with Crippen molar-refractivity contribution in [2.24, 2.45) is 5.92 Å². The third kappa shape index (κ3) is 2.24. The highest BCUT2D eigenvalue weighted by atomic mass is 32.2.